The van der Waals surface area contributed by atoms with Crippen LogP contribution in [0.15, 0.2) is 24.3 Å². The molecule has 2 aromatic rings. The highest BCUT2D eigenvalue weighted by Gasteiger charge is 2.22. The average Bonchev–Trinajstić information content (AvgIpc) is 2.99. The quantitative estimate of drug-likeness (QED) is 0.802. The lowest BCUT2D eigenvalue weighted by Crippen LogP contribution is -2.13. The number of thiophene rings is 1. The molecule has 1 aromatic carbocycles. The number of carbonyl (C=O) groups excluding carboxylic acids is 1. The zero-order valence-corrected chi connectivity index (χ0v) is 15.1. The Hall–Kier alpha value is -1.61. The number of amides is 1. The van der Waals surface area contributed by atoms with Crippen LogP contribution in [0.4, 0.5) is 5.69 Å². The SMILES string of the molecule is CCc1cccc(C)c1NC(=O)c1cc2c(s1)CC[C@H](CC)C2. The Morgan fingerprint density at radius 3 is 2.91 bits per heavy atom. The summed E-state index contributed by atoms with van der Waals surface area (Å²) in [4.78, 5) is 15.0. The van der Waals surface area contributed by atoms with Gasteiger partial charge in [-0.1, -0.05) is 38.5 Å². The van der Waals surface area contributed by atoms with Crippen molar-refractivity contribution in [3.8, 4) is 0 Å². The number of benzene rings is 1. The molecule has 1 aromatic heterocycles. The van der Waals surface area contributed by atoms with Crippen molar-refractivity contribution in [2.24, 2.45) is 5.92 Å². The second-order valence-corrected chi connectivity index (χ2v) is 7.63. The maximum absolute atomic E-state index is 12.7. The fraction of sp³-hybridized carbons (Fsp3) is 0.450. The summed E-state index contributed by atoms with van der Waals surface area (Å²) in [6.07, 6.45) is 5.70. The third kappa shape index (κ3) is 3.35. The van der Waals surface area contributed by atoms with Gasteiger partial charge >= 0.3 is 0 Å². The van der Waals surface area contributed by atoms with E-state index in [9.17, 15) is 4.79 Å². The summed E-state index contributed by atoms with van der Waals surface area (Å²) in [5.41, 5.74) is 4.72. The molecular weight excluding hydrogens is 302 g/mol. The second kappa shape index (κ2) is 6.88. The molecule has 1 aliphatic carbocycles. The molecule has 0 saturated heterocycles. The summed E-state index contributed by atoms with van der Waals surface area (Å²) >= 11 is 1.68. The van der Waals surface area contributed by atoms with Crippen molar-refractivity contribution in [1.29, 1.82) is 0 Å². The van der Waals surface area contributed by atoms with E-state index in [1.165, 1.54) is 28.8 Å². The minimum atomic E-state index is 0.0430. The van der Waals surface area contributed by atoms with Gasteiger partial charge in [-0.15, -0.1) is 11.3 Å². The summed E-state index contributed by atoms with van der Waals surface area (Å²) in [6, 6.07) is 8.33. The first-order valence-electron chi connectivity index (χ1n) is 8.63. The lowest BCUT2D eigenvalue weighted by Gasteiger charge is -2.19. The lowest BCUT2D eigenvalue weighted by molar-refractivity contribution is 0.103. The Bertz CT molecular complexity index is 716. The van der Waals surface area contributed by atoms with Crippen LogP contribution in [0.25, 0.3) is 0 Å². The van der Waals surface area contributed by atoms with E-state index < -0.39 is 0 Å². The van der Waals surface area contributed by atoms with Gasteiger partial charge in [-0.2, -0.15) is 0 Å². The minimum Gasteiger partial charge on any atom is -0.321 e. The molecule has 0 aliphatic heterocycles. The number of aryl methyl sites for hydroxylation is 3. The molecule has 0 radical (unpaired) electrons. The topological polar surface area (TPSA) is 29.1 Å². The first kappa shape index (κ1) is 16.3. The second-order valence-electron chi connectivity index (χ2n) is 6.49. The van der Waals surface area contributed by atoms with Gasteiger partial charge < -0.3 is 5.32 Å². The molecule has 23 heavy (non-hydrogen) atoms. The van der Waals surface area contributed by atoms with Crippen LogP contribution in [0.5, 0.6) is 0 Å². The van der Waals surface area contributed by atoms with E-state index in [0.29, 0.717) is 0 Å². The normalized spacial score (nSPS) is 16.9. The summed E-state index contributed by atoms with van der Waals surface area (Å²) in [6.45, 7) is 6.44. The maximum atomic E-state index is 12.7. The van der Waals surface area contributed by atoms with Crippen molar-refractivity contribution >= 4 is 22.9 Å². The maximum Gasteiger partial charge on any atom is 0.265 e. The summed E-state index contributed by atoms with van der Waals surface area (Å²) in [7, 11) is 0. The van der Waals surface area contributed by atoms with Crippen molar-refractivity contribution in [2.45, 2.75) is 52.9 Å². The van der Waals surface area contributed by atoms with E-state index in [2.05, 4.69) is 50.4 Å². The van der Waals surface area contributed by atoms with Crippen molar-refractivity contribution < 1.29 is 4.79 Å². The number of rotatable bonds is 4. The number of carbonyl (C=O) groups is 1. The molecule has 2 nitrogen and oxygen atoms in total. The Labute approximate surface area is 142 Å². The Balaban J connectivity index is 1.81. The molecule has 1 heterocycles. The molecule has 1 amide bonds. The molecule has 0 saturated carbocycles. The smallest absolute Gasteiger partial charge is 0.265 e. The fourth-order valence-electron chi connectivity index (χ4n) is 3.44. The van der Waals surface area contributed by atoms with Crippen molar-refractivity contribution in [3.05, 3.63) is 50.7 Å². The number of para-hydroxylation sites is 1. The number of hydrogen-bond donors (Lipinski definition) is 1. The predicted octanol–water partition coefficient (Wildman–Crippen LogP) is 5.39. The number of nitrogens with one attached hydrogen (secondary N) is 1. The highest BCUT2D eigenvalue weighted by molar-refractivity contribution is 7.14. The predicted molar refractivity (Wildman–Crippen MR) is 98.6 cm³/mol. The van der Waals surface area contributed by atoms with E-state index in [1.54, 1.807) is 11.3 Å². The zero-order chi connectivity index (χ0) is 16.4. The Kier molecular flexibility index (Phi) is 4.86. The lowest BCUT2D eigenvalue weighted by atomic mass is 9.87. The zero-order valence-electron chi connectivity index (χ0n) is 14.2. The molecule has 3 heteroatoms. The van der Waals surface area contributed by atoms with Crippen molar-refractivity contribution in [2.75, 3.05) is 5.32 Å². The highest BCUT2D eigenvalue weighted by atomic mass is 32.1. The van der Waals surface area contributed by atoms with Gasteiger partial charge in [-0.3, -0.25) is 4.79 Å². The van der Waals surface area contributed by atoms with Gasteiger partial charge in [-0.25, -0.2) is 0 Å². The van der Waals surface area contributed by atoms with Crippen LogP contribution in [0.1, 0.15) is 57.9 Å². The van der Waals surface area contributed by atoms with E-state index in [1.807, 2.05) is 0 Å². The Morgan fingerprint density at radius 2 is 2.17 bits per heavy atom. The van der Waals surface area contributed by atoms with Crippen LogP contribution in [-0.2, 0) is 19.3 Å². The highest BCUT2D eigenvalue weighted by Crippen LogP contribution is 2.34. The van der Waals surface area contributed by atoms with Crippen LogP contribution in [0.2, 0.25) is 0 Å². The summed E-state index contributed by atoms with van der Waals surface area (Å²) in [5.74, 6) is 0.831. The van der Waals surface area contributed by atoms with Gasteiger partial charge in [0, 0.05) is 10.6 Å². The van der Waals surface area contributed by atoms with Crippen LogP contribution in [0, 0.1) is 12.8 Å². The molecule has 122 valence electrons. The first-order chi connectivity index (χ1) is 11.1. The monoisotopic (exact) mass is 327 g/mol. The third-order valence-corrected chi connectivity index (χ3v) is 6.20. The summed E-state index contributed by atoms with van der Waals surface area (Å²) < 4.78 is 0. The molecule has 0 fully saturated rings. The standard InChI is InChI=1S/C20H25NOS/c1-4-14-9-10-17-16(11-14)12-18(23-17)20(22)21-19-13(3)7-6-8-15(19)5-2/h6-8,12,14H,4-5,9-11H2,1-3H3,(H,21,22)/t14-/m0/s1. The van der Waals surface area contributed by atoms with E-state index >= 15 is 0 Å². The van der Waals surface area contributed by atoms with Crippen molar-refractivity contribution in [1.82, 2.24) is 0 Å². The first-order valence-corrected chi connectivity index (χ1v) is 9.45. The number of hydrogen-bond acceptors (Lipinski definition) is 2. The molecule has 1 atom stereocenters. The van der Waals surface area contributed by atoms with Crippen molar-refractivity contribution in [3.63, 3.8) is 0 Å². The van der Waals surface area contributed by atoms with Gasteiger partial charge in [-0.05, 0) is 61.3 Å². The fourth-order valence-corrected chi connectivity index (χ4v) is 4.54. The third-order valence-electron chi connectivity index (χ3n) is 4.96. The molecular formula is C20H25NOS. The van der Waals surface area contributed by atoms with E-state index in [4.69, 9.17) is 0 Å². The molecule has 1 N–H and O–H groups in total. The molecule has 3 rings (SSSR count). The largest absolute Gasteiger partial charge is 0.321 e. The van der Waals surface area contributed by atoms with Gasteiger partial charge in [0.25, 0.3) is 5.91 Å². The van der Waals surface area contributed by atoms with E-state index in [0.717, 1.165) is 41.3 Å². The van der Waals surface area contributed by atoms with Crippen LogP contribution < -0.4 is 5.32 Å². The van der Waals surface area contributed by atoms with Crippen LogP contribution in [0.3, 0.4) is 0 Å². The van der Waals surface area contributed by atoms with Gasteiger partial charge in [0.05, 0.1) is 4.88 Å². The van der Waals surface area contributed by atoms with Gasteiger partial charge in [0.15, 0.2) is 0 Å². The van der Waals surface area contributed by atoms with Gasteiger partial charge in [0.1, 0.15) is 0 Å². The molecule has 0 bridgehead atoms. The molecule has 0 unspecified atom stereocenters. The van der Waals surface area contributed by atoms with Crippen LogP contribution in [-0.4, -0.2) is 5.91 Å². The number of anilines is 1. The van der Waals surface area contributed by atoms with Crippen LogP contribution >= 0.6 is 11.3 Å². The molecule has 1 aliphatic rings. The minimum absolute atomic E-state index is 0.0430. The molecule has 0 spiro atoms. The van der Waals surface area contributed by atoms with Gasteiger partial charge in [0.2, 0.25) is 0 Å². The summed E-state index contributed by atoms with van der Waals surface area (Å²) in [5, 5.41) is 3.15. The average molecular weight is 327 g/mol. The Morgan fingerprint density at radius 1 is 1.35 bits per heavy atom. The number of fused-ring (bicyclic) bond motifs is 1. The van der Waals surface area contributed by atoms with E-state index in [-0.39, 0.29) is 5.91 Å².